The summed E-state index contributed by atoms with van der Waals surface area (Å²) in [6.07, 6.45) is 1.38. The number of Topliss-reactive ketones (excluding diaryl/α,β-unsaturated/α-hetero) is 2. The van der Waals surface area contributed by atoms with Gasteiger partial charge in [0.1, 0.15) is 0 Å². The molecule has 0 saturated heterocycles. The van der Waals surface area contributed by atoms with E-state index in [9.17, 15) is 29.4 Å². The number of rotatable bonds is 3. The van der Waals surface area contributed by atoms with Crippen molar-refractivity contribution in [3.8, 4) is 11.1 Å². The average molecular weight is 350 g/mol. The van der Waals surface area contributed by atoms with Crippen LogP contribution in [0.25, 0.3) is 11.1 Å². The highest BCUT2D eigenvalue weighted by Crippen LogP contribution is 2.40. The van der Waals surface area contributed by atoms with Crippen molar-refractivity contribution in [2.45, 2.75) is 25.7 Å². The van der Waals surface area contributed by atoms with E-state index in [1.165, 1.54) is 12.1 Å². The van der Waals surface area contributed by atoms with Crippen molar-refractivity contribution in [1.29, 1.82) is 0 Å². The molecule has 0 aromatic heterocycles. The Morgan fingerprint density at radius 3 is 1.38 bits per heavy atom. The number of hydrogen-bond acceptors (Lipinski definition) is 4. The van der Waals surface area contributed by atoms with Gasteiger partial charge in [0.25, 0.3) is 0 Å². The van der Waals surface area contributed by atoms with E-state index in [2.05, 4.69) is 0 Å². The van der Waals surface area contributed by atoms with Gasteiger partial charge in [-0.1, -0.05) is 12.1 Å². The van der Waals surface area contributed by atoms with Gasteiger partial charge >= 0.3 is 11.9 Å². The number of benzene rings is 2. The predicted octanol–water partition coefficient (Wildman–Crippen LogP) is 3.01. The summed E-state index contributed by atoms with van der Waals surface area (Å²) in [6, 6.07) is 6.13. The molecule has 6 heteroatoms. The normalized spacial score (nSPS) is 15.1. The number of carboxylic acid groups (broad SMARTS) is 2. The van der Waals surface area contributed by atoms with E-state index >= 15 is 0 Å². The molecule has 0 fully saturated rings. The van der Waals surface area contributed by atoms with Gasteiger partial charge in [-0.25, -0.2) is 9.59 Å². The molecule has 2 aromatic rings. The molecule has 0 bridgehead atoms. The highest BCUT2D eigenvalue weighted by atomic mass is 16.4. The third-order valence-electron chi connectivity index (χ3n) is 5.14. The number of carbonyl (C=O) groups excluding carboxylic acids is 2. The molecular weight excluding hydrogens is 336 g/mol. The summed E-state index contributed by atoms with van der Waals surface area (Å²) >= 11 is 0. The van der Waals surface area contributed by atoms with Gasteiger partial charge in [-0.2, -0.15) is 0 Å². The van der Waals surface area contributed by atoms with Crippen LogP contribution in [0.4, 0.5) is 0 Å². The second-order valence-electron chi connectivity index (χ2n) is 6.49. The highest BCUT2D eigenvalue weighted by molar-refractivity contribution is 6.12. The van der Waals surface area contributed by atoms with Crippen LogP contribution in [0.15, 0.2) is 24.3 Å². The molecule has 26 heavy (non-hydrogen) atoms. The second kappa shape index (κ2) is 5.62. The first-order valence-electron chi connectivity index (χ1n) is 8.25. The minimum absolute atomic E-state index is 0.0128. The number of carboxylic acids is 2. The van der Waals surface area contributed by atoms with Crippen LogP contribution in [0, 0.1) is 0 Å². The molecule has 0 atom stereocenters. The predicted molar refractivity (Wildman–Crippen MR) is 91.1 cm³/mol. The highest BCUT2D eigenvalue weighted by Gasteiger charge is 2.32. The lowest BCUT2D eigenvalue weighted by molar-refractivity contribution is 0.0683. The molecule has 2 aliphatic rings. The SMILES string of the molecule is O=C(O)c1ccc(-c2ccc(C(=O)O)c3c2CCC3=O)c2c1C(=O)CC2. The summed E-state index contributed by atoms with van der Waals surface area (Å²) in [5.74, 6) is -2.70. The lowest BCUT2D eigenvalue weighted by atomic mass is 9.88. The maximum atomic E-state index is 12.2. The Morgan fingerprint density at radius 1 is 0.654 bits per heavy atom. The summed E-state index contributed by atoms with van der Waals surface area (Å²) in [7, 11) is 0. The van der Waals surface area contributed by atoms with E-state index < -0.39 is 11.9 Å². The van der Waals surface area contributed by atoms with Crippen molar-refractivity contribution in [2.75, 3.05) is 0 Å². The summed E-state index contributed by atoms with van der Waals surface area (Å²) in [5.41, 5.74) is 3.18. The smallest absolute Gasteiger partial charge is 0.336 e. The first kappa shape index (κ1) is 16.2. The number of fused-ring (bicyclic) bond motifs is 2. The zero-order chi connectivity index (χ0) is 18.6. The van der Waals surface area contributed by atoms with Crippen LogP contribution >= 0.6 is 0 Å². The largest absolute Gasteiger partial charge is 0.478 e. The Hall–Kier alpha value is -3.28. The number of aromatic carboxylic acids is 2. The number of ketones is 2. The number of hydrogen-bond donors (Lipinski definition) is 2. The Balaban J connectivity index is 1.99. The molecular formula is C20H14O6. The molecule has 0 heterocycles. The van der Waals surface area contributed by atoms with Crippen LogP contribution in [-0.4, -0.2) is 33.7 Å². The van der Waals surface area contributed by atoms with Crippen LogP contribution in [0.1, 0.15) is 65.4 Å². The van der Waals surface area contributed by atoms with Gasteiger partial charge in [-0.05, 0) is 47.2 Å². The lowest BCUT2D eigenvalue weighted by Gasteiger charge is -2.15. The van der Waals surface area contributed by atoms with Gasteiger partial charge < -0.3 is 10.2 Å². The number of carbonyl (C=O) groups is 4. The standard InChI is InChI=1S/C20H14O6/c21-15-7-5-11-9(1-3-13(17(11)15)19(23)24)10-2-4-14(20(25)26)18-12(10)6-8-16(18)22/h1-4H,5-8H2,(H,23,24)(H,25,26). The van der Waals surface area contributed by atoms with Gasteiger partial charge in [0, 0.05) is 24.0 Å². The van der Waals surface area contributed by atoms with E-state index in [0.717, 1.165) is 0 Å². The average Bonchev–Trinajstić information content (AvgIpc) is 3.18. The van der Waals surface area contributed by atoms with E-state index in [1.807, 2.05) is 0 Å². The van der Waals surface area contributed by atoms with Crippen LogP contribution < -0.4 is 0 Å². The van der Waals surface area contributed by atoms with E-state index in [0.29, 0.717) is 35.1 Å². The molecule has 6 nitrogen and oxygen atoms in total. The molecule has 2 aliphatic carbocycles. The third-order valence-corrected chi connectivity index (χ3v) is 5.14. The molecule has 130 valence electrons. The Morgan fingerprint density at radius 2 is 1.04 bits per heavy atom. The fraction of sp³-hybridized carbons (Fsp3) is 0.200. The van der Waals surface area contributed by atoms with Gasteiger partial charge in [0.05, 0.1) is 11.1 Å². The van der Waals surface area contributed by atoms with Crippen molar-refractivity contribution < 1.29 is 29.4 Å². The Labute approximate surface area is 148 Å². The Bertz CT molecular complexity index is 948. The molecule has 2 aromatic carbocycles. The molecule has 4 rings (SSSR count). The van der Waals surface area contributed by atoms with Crippen LogP contribution in [0.5, 0.6) is 0 Å². The van der Waals surface area contributed by atoms with Crippen LogP contribution in [0.3, 0.4) is 0 Å². The zero-order valence-electron chi connectivity index (χ0n) is 13.7. The topological polar surface area (TPSA) is 109 Å². The summed E-state index contributed by atoms with van der Waals surface area (Å²) in [6.45, 7) is 0. The fourth-order valence-corrected chi connectivity index (χ4v) is 4.04. The monoisotopic (exact) mass is 350 g/mol. The van der Waals surface area contributed by atoms with Gasteiger partial charge in [0.2, 0.25) is 0 Å². The Kier molecular flexibility index (Phi) is 3.50. The lowest BCUT2D eigenvalue weighted by Crippen LogP contribution is -2.08. The first-order valence-corrected chi connectivity index (χ1v) is 8.25. The van der Waals surface area contributed by atoms with Crippen LogP contribution in [-0.2, 0) is 12.8 Å². The van der Waals surface area contributed by atoms with E-state index in [1.54, 1.807) is 12.1 Å². The van der Waals surface area contributed by atoms with Gasteiger partial charge in [-0.3, -0.25) is 9.59 Å². The molecule has 0 spiro atoms. The van der Waals surface area contributed by atoms with Crippen molar-refractivity contribution >= 4 is 23.5 Å². The van der Waals surface area contributed by atoms with E-state index in [-0.39, 0.29) is 46.7 Å². The maximum absolute atomic E-state index is 12.2. The first-order chi connectivity index (χ1) is 12.4. The minimum atomic E-state index is -1.15. The quantitative estimate of drug-likeness (QED) is 0.881. The third kappa shape index (κ3) is 2.19. The molecule has 0 aliphatic heterocycles. The maximum Gasteiger partial charge on any atom is 0.336 e. The van der Waals surface area contributed by atoms with Gasteiger partial charge in [-0.15, -0.1) is 0 Å². The minimum Gasteiger partial charge on any atom is -0.478 e. The van der Waals surface area contributed by atoms with Gasteiger partial charge in [0.15, 0.2) is 11.6 Å². The molecule has 0 radical (unpaired) electrons. The summed E-state index contributed by atoms with van der Waals surface area (Å²) in [4.78, 5) is 47.3. The van der Waals surface area contributed by atoms with Crippen molar-refractivity contribution in [2.24, 2.45) is 0 Å². The molecule has 0 unspecified atom stereocenters. The summed E-state index contributed by atoms with van der Waals surface area (Å²) < 4.78 is 0. The molecule has 0 saturated carbocycles. The van der Waals surface area contributed by atoms with E-state index in [4.69, 9.17) is 0 Å². The zero-order valence-corrected chi connectivity index (χ0v) is 13.7. The summed E-state index contributed by atoms with van der Waals surface area (Å²) in [5, 5.41) is 18.7. The second-order valence-corrected chi connectivity index (χ2v) is 6.49. The van der Waals surface area contributed by atoms with Crippen molar-refractivity contribution in [3.05, 3.63) is 57.6 Å². The van der Waals surface area contributed by atoms with Crippen LogP contribution in [0.2, 0.25) is 0 Å². The van der Waals surface area contributed by atoms with Crippen molar-refractivity contribution in [3.63, 3.8) is 0 Å². The molecule has 2 N–H and O–H groups in total. The van der Waals surface area contributed by atoms with Crippen molar-refractivity contribution in [1.82, 2.24) is 0 Å². The molecule has 0 amide bonds. The fourth-order valence-electron chi connectivity index (χ4n) is 4.04.